The number of amides is 1. The van der Waals surface area contributed by atoms with Crippen molar-refractivity contribution < 1.29 is 19.4 Å². The topological polar surface area (TPSA) is 80.6 Å². The van der Waals surface area contributed by atoms with Crippen LogP contribution in [0.25, 0.3) is 10.9 Å². The van der Waals surface area contributed by atoms with Gasteiger partial charge in [-0.15, -0.1) is 0 Å². The molecule has 0 saturated heterocycles. The summed E-state index contributed by atoms with van der Waals surface area (Å²) < 4.78 is 7.19. The molecule has 1 aromatic carbocycles. The summed E-state index contributed by atoms with van der Waals surface area (Å²) in [6.45, 7) is 2.45. The number of carboxylic acid groups (broad SMARTS) is 1. The molecule has 0 spiro atoms. The summed E-state index contributed by atoms with van der Waals surface area (Å²) in [6, 6.07) is 5.73. The Morgan fingerprint density at radius 2 is 2.14 bits per heavy atom. The SMILES string of the molecule is COc1ccc2c(c1)c(CCNC(C)=O)cn2CCC(=O)O. The van der Waals surface area contributed by atoms with Gasteiger partial charge in [0.1, 0.15) is 5.75 Å². The normalized spacial score (nSPS) is 10.6. The first-order valence-corrected chi connectivity index (χ1v) is 7.13. The Hall–Kier alpha value is -2.50. The third-order valence-corrected chi connectivity index (χ3v) is 3.51. The average Bonchev–Trinajstić information content (AvgIpc) is 2.82. The number of hydrogen-bond donors (Lipinski definition) is 2. The van der Waals surface area contributed by atoms with Crippen molar-refractivity contribution in [1.82, 2.24) is 9.88 Å². The molecule has 0 fully saturated rings. The molecule has 0 radical (unpaired) electrons. The van der Waals surface area contributed by atoms with Crippen LogP contribution in [0.4, 0.5) is 0 Å². The van der Waals surface area contributed by atoms with Gasteiger partial charge in [0.15, 0.2) is 0 Å². The largest absolute Gasteiger partial charge is 0.497 e. The Bertz CT molecular complexity index is 691. The number of aliphatic carboxylic acids is 1. The number of ether oxygens (including phenoxy) is 1. The highest BCUT2D eigenvalue weighted by atomic mass is 16.5. The number of fused-ring (bicyclic) bond motifs is 1. The van der Waals surface area contributed by atoms with Crippen LogP contribution in [0.3, 0.4) is 0 Å². The van der Waals surface area contributed by atoms with Crippen LogP contribution in [-0.2, 0) is 22.6 Å². The highest BCUT2D eigenvalue weighted by Gasteiger charge is 2.11. The molecule has 1 amide bonds. The highest BCUT2D eigenvalue weighted by molar-refractivity contribution is 5.85. The van der Waals surface area contributed by atoms with Gasteiger partial charge in [-0.2, -0.15) is 0 Å². The molecule has 6 nitrogen and oxygen atoms in total. The summed E-state index contributed by atoms with van der Waals surface area (Å²) in [6.07, 6.45) is 2.71. The van der Waals surface area contributed by atoms with E-state index >= 15 is 0 Å². The van der Waals surface area contributed by atoms with E-state index in [-0.39, 0.29) is 12.3 Å². The Morgan fingerprint density at radius 3 is 2.77 bits per heavy atom. The molecule has 6 heteroatoms. The second kappa shape index (κ2) is 6.98. The lowest BCUT2D eigenvalue weighted by Gasteiger charge is -2.04. The second-order valence-corrected chi connectivity index (χ2v) is 5.11. The van der Waals surface area contributed by atoms with E-state index in [4.69, 9.17) is 9.84 Å². The quantitative estimate of drug-likeness (QED) is 0.817. The van der Waals surface area contributed by atoms with Gasteiger partial charge in [0.05, 0.1) is 13.5 Å². The molecule has 118 valence electrons. The van der Waals surface area contributed by atoms with Crippen LogP contribution in [0.2, 0.25) is 0 Å². The Morgan fingerprint density at radius 1 is 1.36 bits per heavy atom. The van der Waals surface area contributed by atoms with E-state index in [9.17, 15) is 9.59 Å². The van der Waals surface area contributed by atoms with Gasteiger partial charge >= 0.3 is 5.97 Å². The number of carboxylic acids is 1. The van der Waals surface area contributed by atoms with Crippen LogP contribution in [0.15, 0.2) is 24.4 Å². The standard InChI is InChI=1S/C16H20N2O4/c1-11(19)17-7-5-12-10-18(8-6-16(20)21)15-4-3-13(22-2)9-14(12)15/h3-4,9-10H,5-8H2,1-2H3,(H,17,19)(H,20,21). The van der Waals surface area contributed by atoms with Gasteiger partial charge in [-0.1, -0.05) is 0 Å². The maximum Gasteiger partial charge on any atom is 0.305 e. The first-order valence-electron chi connectivity index (χ1n) is 7.13. The molecule has 2 rings (SSSR count). The number of nitrogens with zero attached hydrogens (tertiary/aromatic N) is 1. The smallest absolute Gasteiger partial charge is 0.305 e. The van der Waals surface area contributed by atoms with Crippen LogP contribution < -0.4 is 10.1 Å². The molecule has 2 aromatic rings. The van der Waals surface area contributed by atoms with Gasteiger partial charge in [0, 0.05) is 37.1 Å². The van der Waals surface area contributed by atoms with Crippen molar-refractivity contribution in [3.63, 3.8) is 0 Å². The number of benzene rings is 1. The third-order valence-electron chi connectivity index (χ3n) is 3.51. The van der Waals surface area contributed by atoms with E-state index in [1.807, 2.05) is 29.0 Å². The fourth-order valence-electron chi connectivity index (χ4n) is 2.45. The van der Waals surface area contributed by atoms with Gasteiger partial charge in [0.25, 0.3) is 0 Å². The van der Waals surface area contributed by atoms with Crippen molar-refractivity contribution in [3.05, 3.63) is 30.0 Å². The Kier molecular flexibility index (Phi) is 5.04. The number of nitrogens with one attached hydrogen (secondary N) is 1. The van der Waals surface area contributed by atoms with Gasteiger partial charge in [-0.05, 0) is 30.2 Å². The maximum atomic E-state index is 11.0. The number of aryl methyl sites for hydroxylation is 1. The van der Waals surface area contributed by atoms with Crippen molar-refractivity contribution in [2.75, 3.05) is 13.7 Å². The fraction of sp³-hybridized carbons (Fsp3) is 0.375. The molecule has 0 aliphatic rings. The summed E-state index contributed by atoms with van der Waals surface area (Å²) in [5.74, 6) is -0.133. The monoisotopic (exact) mass is 304 g/mol. The van der Waals surface area contributed by atoms with Gasteiger partial charge in [0.2, 0.25) is 5.91 Å². The molecule has 0 atom stereocenters. The van der Waals surface area contributed by atoms with E-state index in [0.717, 1.165) is 22.2 Å². The summed E-state index contributed by atoms with van der Waals surface area (Å²) in [7, 11) is 1.61. The lowest BCUT2D eigenvalue weighted by molar-refractivity contribution is -0.137. The van der Waals surface area contributed by atoms with Crippen LogP contribution in [0.1, 0.15) is 18.9 Å². The molecule has 0 bridgehead atoms. The summed E-state index contributed by atoms with van der Waals surface area (Å²) >= 11 is 0. The number of aromatic nitrogens is 1. The zero-order valence-electron chi connectivity index (χ0n) is 12.8. The first kappa shape index (κ1) is 15.9. The van der Waals surface area contributed by atoms with Crippen molar-refractivity contribution in [2.45, 2.75) is 26.3 Å². The minimum absolute atomic E-state index is 0.0628. The molecule has 2 N–H and O–H groups in total. The molecule has 0 unspecified atom stereocenters. The molecule has 1 aromatic heterocycles. The van der Waals surface area contributed by atoms with E-state index in [0.29, 0.717) is 19.5 Å². The number of rotatable bonds is 7. The first-order chi connectivity index (χ1) is 10.5. The summed E-state index contributed by atoms with van der Waals surface area (Å²) in [5, 5.41) is 12.7. The molecular formula is C16H20N2O4. The zero-order chi connectivity index (χ0) is 16.1. The highest BCUT2D eigenvalue weighted by Crippen LogP contribution is 2.26. The number of carbonyl (C=O) groups is 2. The van der Waals surface area contributed by atoms with Crippen molar-refractivity contribution >= 4 is 22.8 Å². The minimum Gasteiger partial charge on any atom is -0.497 e. The molecule has 1 heterocycles. The maximum absolute atomic E-state index is 11.0. The molecule has 22 heavy (non-hydrogen) atoms. The summed E-state index contributed by atoms with van der Waals surface area (Å²) in [4.78, 5) is 21.8. The molecule has 0 saturated carbocycles. The predicted octanol–water partition coefficient (Wildman–Crippen LogP) is 1.80. The van der Waals surface area contributed by atoms with Crippen molar-refractivity contribution in [2.24, 2.45) is 0 Å². The number of methoxy groups -OCH3 is 1. The van der Waals surface area contributed by atoms with Gasteiger partial charge in [-0.25, -0.2) is 0 Å². The predicted molar refractivity (Wildman–Crippen MR) is 83.1 cm³/mol. The van der Waals surface area contributed by atoms with E-state index < -0.39 is 5.97 Å². The second-order valence-electron chi connectivity index (χ2n) is 5.11. The van der Waals surface area contributed by atoms with Crippen molar-refractivity contribution in [3.8, 4) is 5.75 Å². The van der Waals surface area contributed by atoms with Crippen molar-refractivity contribution in [1.29, 1.82) is 0 Å². The molecule has 0 aliphatic carbocycles. The molecule has 0 aliphatic heterocycles. The molecular weight excluding hydrogens is 284 g/mol. The number of carbonyl (C=O) groups excluding carboxylic acids is 1. The average molecular weight is 304 g/mol. The van der Waals surface area contributed by atoms with Crippen LogP contribution in [0.5, 0.6) is 5.75 Å². The zero-order valence-corrected chi connectivity index (χ0v) is 12.8. The third kappa shape index (κ3) is 3.78. The van der Waals surface area contributed by atoms with Gasteiger partial charge in [-0.3, -0.25) is 9.59 Å². The van der Waals surface area contributed by atoms with E-state index in [1.54, 1.807) is 7.11 Å². The van der Waals surface area contributed by atoms with Crippen LogP contribution in [-0.4, -0.2) is 35.2 Å². The Balaban J connectivity index is 2.31. The number of hydrogen-bond acceptors (Lipinski definition) is 3. The van der Waals surface area contributed by atoms with E-state index in [1.165, 1.54) is 6.92 Å². The minimum atomic E-state index is -0.824. The Labute approximate surface area is 128 Å². The van der Waals surface area contributed by atoms with Gasteiger partial charge < -0.3 is 19.7 Å². The van der Waals surface area contributed by atoms with Crippen LogP contribution in [0, 0.1) is 0 Å². The van der Waals surface area contributed by atoms with Crippen LogP contribution >= 0.6 is 0 Å². The van der Waals surface area contributed by atoms with E-state index in [2.05, 4.69) is 5.32 Å². The summed E-state index contributed by atoms with van der Waals surface area (Å²) in [5.41, 5.74) is 2.04. The lowest BCUT2D eigenvalue weighted by Crippen LogP contribution is -2.22. The lowest BCUT2D eigenvalue weighted by atomic mass is 10.1. The fourth-order valence-corrected chi connectivity index (χ4v) is 2.45.